The molecule has 0 aromatic carbocycles. The third-order valence-electron chi connectivity index (χ3n) is 3.56. The normalized spacial score (nSPS) is 37.5. The smallest absolute Gasteiger partial charge is 0.0826 e. The Labute approximate surface area is 103 Å². The lowest BCUT2D eigenvalue weighted by Crippen LogP contribution is -2.49. The molecule has 2 saturated heterocycles. The van der Waals surface area contributed by atoms with Crippen LogP contribution in [0.15, 0.2) is 0 Å². The zero-order valence-electron chi connectivity index (χ0n) is 10.4. The van der Waals surface area contributed by atoms with E-state index >= 15 is 0 Å². The van der Waals surface area contributed by atoms with Gasteiger partial charge in [0.05, 0.1) is 12.7 Å². The van der Waals surface area contributed by atoms with Crippen LogP contribution in [-0.2, 0) is 4.74 Å². The molecular weight excluding hydrogens is 220 g/mol. The largest absolute Gasteiger partial charge is 0.374 e. The minimum absolute atomic E-state index is 0.387. The van der Waals surface area contributed by atoms with E-state index in [9.17, 15) is 0 Å². The summed E-state index contributed by atoms with van der Waals surface area (Å²) in [5, 5.41) is 4.45. The fourth-order valence-electron chi connectivity index (χ4n) is 2.46. The van der Waals surface area contributed by atoms with Crippen molar-refractivity contribution in [3.05, 3.63) is 0 Å². The number of rotatable bonds is 3. The second-order valence-electron chi connectivity index (χ2n) is 4.99. The van der Waals surface area contributed by atoms with E-state index in [4.69, 9.17) is 4.74 Å². The van der Waals surface area contributed by atoms with Crippen LogP contribution >= 0.6 is 11.8 Å². The summed E-state index contributed by atoms with van der Waals surface area (Å²) in [7, 11) is 2.18. The van der Waals surface area contributed by atoms with Crippen molar-refractivity contribution in [1.82, 2.24) is 10.2 Å². The van der Waals surface area contributed by atoms with Crippen molar-refractivity contribution in [2.75, 3.05) is 39.0 Å². The molecule has 0 aromatic heterocycles. The topological polar surface area (TPSA) is 24.5 Å². The van der Waals surface area contributed by atoms with Crippen LogP contribution in [0, 0.1) is 0 Å². The predicted octanol–water partition coefficient (Wildman–Crippen LogP) is 1.19. The zero-order chi connectivity index (χ0) is 11.4. The average Bonchev–Trinajstić information content (AvgIpc) is 2.28. The van der Waals surface area contributed by atoms with Gasteiger partial charge >= 0.3 is 0 Å². The summed E-state index contributed by atoms with van der Waals surface area (Å²) in [6.07, 6.45) is 3.08. The summed E-state index contributed by atoms with van der Waals surface area (Å²) in [5.74, 6) is 1.34. The van der Waals surface area contributed by atoms with Crippen molar-refractivity contribution in [3.63, 3.8) is 0 Å². The Bertz CT molecular complexity index is 215. The molecule has 0 bridgehead atoms. The first-order valence-corrected chi connectivity index (χ1v) is 7.45. The molecule has 1 N–H and O–H groups in total. The van der Waals surface area contributed by atoms with Crippen molar-refractivity contribution >= 4 is 11.8 Å². The fourth-order valence-corrected chi connectivity index (χ4v) is 3.63. The maximum atomic E-state index is 5.76. The van der Waals surface area contributed by atoms with Gasteiger partial charge in [-0.1, -0.05) is 6.92 Å². The molecule has 2 aliphatic heterocycles. The van der Waals surface area contributed by atoms with Crippen LogP contribution in [0.4, 0.5) is 0 Å². The molecule has 16 heavy (non-hydrogen) atoms. The monoisotopic (exact) mass is 244 g/mol. The Morgan fingerprint density at radius 3 is 3.12 bits per heavy atom. The van der Waals surface area contributed by atoms with Gasteiger partial charge in [0, 0.05) is 30.9 Å². The number of morpholine rings is 1. The molecule has 3 unspecified atom stereocenters. The molecule has 2 aliphatic rings. The highest BCUT2D eigenvalue weighted by Crippen LogP contribution is 2.25. The van der Waals surface area contributed by atoms with E-state index in [1.165, 1.54) is 18.6 Å². The first-order valence-electron chi connectivity index (χ1n) is 6.41. The summed E-state index contributed by atoms with van der Waals surface area (Å²) in [6.45, 7) is 6.39. The first-order chi connectivity index (χ1) is 7.75. The highest BCUT2D eigenvalue weighted by Gasteiger charge is 2.23. The van der Waals surface area contributed by atoms with E-state index in [2.05, 4.69) is 35.9 Å². The second kappa shape index (κ2) is 6.24. The van der Waals surface area contributed by atoms with Gasteiger partial charge in [0.1, 0.15) is 0 Å². The van der Waals surface area contributed by atoms with Gasteiger partial charge in [0.25, 0.3) is 0 Å². The third kappa shape index (κ3) is 3.62. The van der Waals surface area contributed by atoms with E-state index in [0.29, 0.717) is 12.1 Å². The quantitative estimate of drug-likeness (QED) is 0.806. The van der Waals surface area contributed by atoms with Crippen molar-refractivity contribution < 1.29 is 4.74 Å². The molecule has 0 saturated carbocycles. The lowest BCUT2D eigenvalue weighted by molar-refractivity contribution is -0.0193. The van der Waals surface area contributed by atoms with E-state index in [-0.39, 0.29) is 0 Å². The summed E-state index contributed by atoms with van der Waals surface area (Å²) >= 11 is 2.10. The highest BCUT2D eigenvalue weighted by molar-refractivity contribution is 7.99. The Morgan fingerprint density at radius 2 is 2.38 bits per heavy atom. The van der Waals surface area contributed by atoms with Crippen molar-refractivity contribution in [3.8, 4) is 0 Å². The van der Waals surface area contributed by atoms with Crippen LogP contribution in [0.25, 0.3) is 0 Å². The molecule has 2 fully saturated rings. The van der Waals surface area contributed by atoms with Crippen LogP contribution < -0.4 is 5.32 Å². The molecular formula is C12H24N2OS. The first kappa shape index (κ1) is 12.7. The van der Waals surface area contributed by atoms with Gasteiger partial charge in [-0.3, -0.25) is 0 Å². The van der Waals surface area contributed by atoms with Gasteiger partial charge in [-0.25, -0.2) is 0 Å². The molecule has 0 aromatic rings. The van der Waals surface area contributed by atoms with Gasteiger partial charge in [-0.2, -0.15) is 11.8 Å². The van der Waals surface area contributed by atoms with Crippen molar-refractivity contribution in [2.24, 2.45) is 0 Å². The SMILES string of the molecule is CC1SCCCC1NCC1CN(C)CCO1. The molecule has 2 heterocycles. The number of hydrogen-bond acceptors (Lipinski definition) is 4. The number of nitrogens with zero attached hydrogens (tertiary/aromatic N) is 1. The second-order valence-corrected chi connectivity index (χ2v) is 6.47. The Hall–Kier alpha value is 0.230. The molecule has 0 amide bonds. The van der Waals surface area contributed by atoms with Crippen LogP contribution in [0.2, 0.25) is 0 Å². The van der Waals surface area contributed by atoms with Gasteiger partial charge in [0.2, 0.25) is 0 Å². The molecule has 0 spiro atoms. The summed E-state index contributed by atoms with van der Waals surface area (Å²) < 4.78 is 5.76. The van der Waals surface area contributed by atoms with E-state index in [0.717, 1.165) is 31.5 Å². The summed E-state index contributed by atoms with van der Waals surface area (Å²) in [4.78, 5) is 2.36. The Morgan fingerprint density at radius 1 is 1.50 bits per heavy atom. The lowest BCUT2D eigenvalue weighted by Gasteiger charge is -2.34. The number of thioether (sulfide) groups is 1. The van der Waals surface area contributed by atoms with E-state index < -0.39 is 0 Å². The number of likely N-dealkylation sites (N-methyl/N-ethyl adjacent to an activating group) is 1. The van der Waals surface area contributed by atoms with E-state index in [1.54, 1.807) is 0 Å². The number of hydrogen-bond donors (Lipinski definition) is 1. The fraction of sp³-hybridized carbons (Fsp3) is 1.00. The van der Waals surface area contributed by atoms with Crippen LogP contribution in [0.5, 0.6) is 0 Å². The average molecular weight is 244 g/mol. The van der Waals surface area contributed by atoms with Crippen LogP contribution in [0.1, 0.15) is 19.8 Å². The van der Waals surface area contributed by atoms with E-state index in [1.807, 2.05) is 0 Å². The van der Waals surface area contributed by atoms with Crippen LogP contribution in [-0.4, -0.2) is 61.3 Å². The summed E-state index contributed by atoms with van der Waals surface area (Å²) in [5.41, 5.74) is 0. The van der Waals surface area contributed by atoms with Crippen LogP contribution in [0.3, 0.4) is 0 Å². The molecule has 94 valence electrons. The number of nitrogens with one attached hydrogen (secondary N) is 1. The minimum atomic E-state index is 0.387. The van der Waals surface area contributed by atoms with Crippen molar-refractivity contribution in [2.45, 2.75) is 37.2 Å². The number of ether oxygens (including phenoxy) is 1. The van der Waals surface area contributed by atoms with Gasteiger partial charge in [-0.15, -0.1) is 0 Å². The molecule has 0 aliphatic carbocycles. The highest BCUT2D eigenvalue weighted by atomic mass is 32.2. The van der Waals surface area contributed by atoms with Crippen molar-refractivity contribution in [1.29, 1.82) is 0 Å². The molecule has 3 atom stereocenters. The standard InChI is InChI=1S/C12H24N2OS/c1-10-12(4-3-7-16-10)13-8-11-9-14(2)5-6-15-11/h10-13H,3-9H2,1-2H3. The predicted molar refractivity (Wildman–Crippen MR) is 70.2 cm³/mol. The minimum Gasteiger partial charge on any atom is -0.374 e. The molecule has 0 radical (unpaired) electrons. The third-order valence-corrected chi connectivity index (χ3v) is 4.94. The zero-order valence-corrected chi connectivity index (χ0v) is 11.3. The Balaban J connectivity index is 1.69. The van der Waals surface area contributed by atoms with Gasteiger partial charge in [-0.05, 0) is 25.6 Å². The summed E-state index contributed by atoms with van der Waals surface area (Å²) in [6, 6.07) is 0.689. The molecule has 4 heteroatoms. The Kier molecular flexibility index (Phi) is 4.95. The van der Waals surface area contributed by atoms with Gasteiger partial charge in [0.15, 0.2) is 0 Å². The molecule has 3 nitrogen and oxygen atoms in total. The maximum absolute atomic E-state index is 5.76. The maximum Gasteiger partial charge on any atom is 0.0826 e. The van der Waals surface area contributed by atoms with Gasteiger partial charge < -0.3 is 15.0 Å². The molecule has 2 rings (SSSR count). The lowest BCUT2D eigenvalue weighted by atomic mass is 10.1.